The first-order valence-electron chi connectivity index (χ1n) is 6.40. The first-order chi connectivity index (χ1) is 10.9. The fourth-order valence-corrected chi connectivity index (χ4v) is 3.81. The highest BCUT2D eigenvalue weighted by atomic mass is 79.9. The molecule has 1 aromatic carbocycles. The molecule has 5 nitrogen and oxygen atoms in total. The minimum absolute atomic E-state index is 0.0518. The molecule has 1 aromatic heterocycles. The highest BCUT2D eigenvalue weighted by Gasteiger charge is 2.42. The molecular weight excluding hydrogens is 411 g/mol. The number of carbonyl (C=O) groups is 2. The molecule has 1 N–H and O–H groups in total. The Morgan fingerprint density at radius 1 is 1.48 bits per heavy atom. The lowest BCUT2D eigenvalue weighted by Gasteiger charge is -2.25. The molecule has 0 bridgehead atoms. The van der Waals surface area contributed by atoms with Crippen LogP contribution in [0, 0.1) is 5.82 Å². The van der Waals surface area contributed by atoms with Gasteiger partial charge in [0, 0.05) is 5.56 Å². The number of amides is 2. The lowest BCUT2D eigenvalue weighted by atomic mass is 10.1. The van der Waals surface area contributed by atoms with Gasteiger partial charge in [-0.1, -0.05) is 17.7 Å². The molecule has 23 heavy (non-hydrogen) atoms. The number of halogens is 3. The van der Waals surface area contributed by atoms with Gasteiger partial charge in [0.2, 0.25) is 0 Å². The third kappa shape index (κ3) is 2.87. The van der Waals surface area contributed by atoms with Crippen LogP contribution in [0.15, 0.2) is 33.4 Å². The number of rotatable bonds is 2. The smallest absolute Gasteiger partial charge is 0.267 e. The quantitative estimate of drug-likeness (QED) is 0.756. The summed E-state index contributed by atoms with van der Waals surface area (Å²) in [6, 6.07) is 5.57. The first kappa shape index (κ1) is 16.4. The van der Waals surface area contributed by atoms with Crippen LogP contribution in [0.4, 0.5) is 4.39 Å². The van der Waals surface area contributed by atoms with Gasteiger partial charge in [0.25, 0.3) is 11.8 Å². The summed E-state index contributed by atoms with van der Waals surface area (Å²) in [5, 5.41) is 12.1. The van der Waals surface area contributed by atoms with Gasteiger partial charge in [-0.15, -0.1) is 11.3 Å². The van der Waals surface area contributed by atoms with Crippen LogP contribution in [0.5, 0.6) is 0 Å². The monoisotopic (exact) mass is 418 g/mol. The number of hydroxylamine groups is 2. The Bertz CT molecular complexity index is 780. The molecule has 0 aliphatic carbocycles. The number of hydrogen-bond donors (Lipinski definition) is 1. The summed E-state index contributed by atoms with van der Waals surface area (Å²) in [5.74, 6) is -2.19. The Hall–Kier alpha value is -1.48. The van der Waals surface area contributed by atoms with Gasteiger partial charge in [-0.3, -0.25) is 14.8 Å². The van der Waals surface area contributed by atoms with E-state index in [9.17, 15) is 19.2 Å². The van der Waals surface area contributed by atoms with Crippen molar-refractivity contribution in [2.45, 2.75) is 6.17 Å². The van der Waals surface area contributed by atoms with E-state index in [0.29, 0.717) is 10.6 Å². The second-order valence-electron chi connectivity index (χ2n) is 4.83. The van der Waals surface area contributed by atoms with E-state index in [0.717, 1.165) is 14.8 Å². The van der Waals surface area contributed by atoms with Crippen LogP contribution < -0.4 is 0 Å². The van der Waals surface area contributed by atoms with Crippen molar-refractivity contribution in [1.29, 1.82) is 0 Å². The van der Waals surface area contributed by atoms with Gasteiger partial charge in [-0.05, 0) is 39.5 Å². The molecule has 0 radical (unpaired) electrons. The van der Waals surface area contributed by atoms with E-state index >= 15 is 0 Å². The molecule has 0 saturated carbocycles. The normalized spacial score (nSPS) is 17.9. The topological polar surface area (TPSA) is 60.9 Å². The van der Waals surface area contributed by atoms with E-state index in [1.165, 1.54) is 23.5 Å². The molecule has 120 valence electrons. The number of hydrogen-bond acceptors (Lipinski definition) is 4. The van der Waals surface area contributed by atoms with Crippen molar-refractivity contribution >= 4 is 50.7 Å². The molecule has 1 aliphatic rings. The maximum Gasteiger partial charge on any atom is 0.267 e. The van der Waals surface area contributed by atoms with Crippen molar-refractivity contribution in [2.75, 3.05) is 6.54 Å². The summed E-state index contributed by atoms with van der Waals surface area (Å²) >= 11 is 10.5. The van der Waals surface area contributed by atoms with Crippen LogP contribution >= 0.6 is 38.9 Å². The molecule has 1 atom stereocenters. The third-order valence-corrected chi connectivity index (χ3v) is 5.25. The Balaban J connectivity index is 2.03. The number of thiophene rings is 1. The third-order valence-electron chi connectivity index (χ3n) is 3.41. The zero-order valence-electron chi connectivity index (χ0n) is 11.4. The predicted octanol–water partition coefficient (Wildman–Crippen LogP) is 3.68. The van der Waals surface area contributed by atoms with E-state index < -0.39 is 23.8 Å². The molecule has 2 aromatic rings. The summed E-state index contributed by atoms with van der Waals surface area (Å²) in [4.78, 5) is 25.6. The van der Waals surface area contributed by atoms with Gasteiger partial charge in [0.15, 0.2) is 6.17 Å². The summed E-state index contributed by atoms with van der Waals surface area (Å²) < 4.78 is 14.8. The van der Waals surface area contributed by atoms with E-state index in [1.54, 1.807) is 11.4 Å². The molecule has 1 saturated heterocycles. The van der Waals surface area contributed by atoms with E-state index in [4.69, 9.17) is 11.6 Å². The van der Waals surface area contributed by atoms with Gasteiger partial charge in [0.05, 0.1) is 14.4 Å². The van der Waals surface area contributed by atoms with Gasteiger partial charge < -0.3 is 4.90 Å². The molecule has 3 rings (SSSR count). The van der Waals surface area contributed by atoms with Crippen molar-refractivity contribution < 1.29 is 19.2 Å². The molecule has 1 fully saturated rings. The molecule has 1 unspecified atom stereocenters. The summed E-state index contributed by atoms with van der Waals surface area (Å²) in [5.41, 5.74) is 0.215. The highest BCUT2D eigenvalue weighted by Crippen LogP contribution is 2.35. The minimum atomic E-state index is -1.02. The van der Waals surface area contributed by atoms with Crippen LogP contribution in [0.1, 0.15) is 22.1 Å². The zero-order valence-corrected chi connectivity index (χ0v) is 14.5. The van der Waals surface area contributed by atoms with Crippen LogP contribution in [0.25, 0.3) is 0 Å². The molecule has 9 heteroatoms. The van der Waals surface area contributed by atoms with E-state index in [1.807, 2.05) is 0 Å². The Morgan fingerprint density at radius 2 is 2.22 bits per heavy atom. The molecule has 2 heterocycles. The number of carbonyl (C=O) groups excluding carboxylic acids is 2. The summed E-state index contributed by atoms with van der Waals surface area (Å²) in [6.07, 6.45) is -1.02. The standard InChI is InChI=1S/C14H9BrClFN2O3S/c15-10-4-7(6-23-10)13-18(5-11(20)19(13)22)14(21)12-8(16)2-1-3-9(12)17/h1-4,6,13,22H,5H2. The van der Waals surface area contributed by atoms with Crippen molar-refractivity contribution in [2.24, 2.45) is 0 Å². The van der Waals surface area contributed by atoms with Crippen LogP contribution in [-0.4, -0.2) is 33.5 Å². The Morgan fingerprint density at radius 3 is 2.83 bits per heavy atom. The molecule has 0 spiro atoms. The number of benzene rings is 1. The largest absolute Gasteiger partial charge is 0.302 e. The van der Waals surface area contributed by atoms with E-state index in [2.05, 4.69) is 15.9 Å². The lowest BCUT2D eigenvalue weighted by Crippen LogP contribution is -2.34. The van der Waals surface area contributed by atoms with Crippen molar-refractivity contribution in [3.63, 3.8) is 0 Å². The second-order valence-corrected chi connectivity index (χ2v) is 7.52. The average molecular weight is 420 g/mol. The predicted molar refractivity (Wildman–Crippen MR) is 85.8 cm³/mol. The van der Waals surface area contributed by atoms with Gasteiger partial charge >= 0.3 is 0 Å². The van der Waals surface area contributed by atoms with Crippen LogP contribution in [-0.2, 0) is 4.79 Å². The maximum atomic E-state index is 14.0. The highest BCUT2D eigenvalue weighted by molar-refractivity contribution is 9.11. The van der Waals surface area contributed by atoms with Crippen molar-refractivity contribution in [3.8, 4) is 0 Å². The first-order valence-corrected chi connectivity index (χ1v) is 8.45. The zero-order chi connectivity index (χ0) is 16.7. The maximum absolute atomic E-state index is 14.0. The van der Waals surface area contributed by atoms with Gasteiger partial charge in [0.1, 0.15) is 12.4 Å². The fourth-order valence-electron chi connectivity index (χ4n) is 2.38. The molecular formula is C14H9BrClFN2O3S. The SMILES string of the molecule is O=C1CN(C(=O)c2c(F)cccc2Cl)C(c2csc(Br)c2)N1O. The lowest BCUT2D eigenvalue weighted by molar-refractivity contribution is -0.168. The molecule has 2 amide bonds. The number of nitrogens with zero attached hydrogens (tertiary/aromatic N) is 2. The minimum Gasteiger partial charge on any atom is -0.302 e. The van der Waals surface area contributed by atoms with Crippen LogP contribution in [0.3, 0.4) is 0 Å². The van der Waals surface area contributed by atoms with Crippen molar-refractivity contribution in [1.82, 2.24) is 9.96 Å². The second kappa shape index (κ2) is 6.20. The van der Waals surface area contributed by atoms with Gasteiger partial charge in [-0.25, -0.2) is 4.39 Å². The Labute approximate surface area is 148 Å². The van der Waals surface area contributed by atoms with Crippen molar-refractivity contribution in [3.05, 3.63) is 55.4 Å². The average Bonchev–Trinajstić information content (AvgIpc) is 3.03. The molecule has 1 aliphatic heterocycles. The summed E-state index contributed by atoms with van der Waals surface area (Å²) in [7, 11) is 0. The van der Waals surface area contributed by atoms with E-state index in [-0.39, 0.29) is 17.1 Å². The van der Waals surface area contributed by atoms with Gasteiger partial charge in [-0.2, -0.15) is 5.06 Å². The fraction of sp³-hybridized carbons (Fsp3) is 0.143. The Kier molecular flexibility index (Phi) is 4.41. The van der Waals surface area contributed by atoms with Crippen LogP contribution in [0.2, 0.25) is 5.02 Å². The summed E-state index contributed by atoms with van der Waals surface area (Å²) in [6.45, 7) is -0.363.